The molecule has 84 valence electrons. The van der Waals surface area contributed by atoms with Crippen LogP contribution in [0, 0.1) is 10.1 Å². The number of hydrogen-bond donors (Lipinski definition) is 3. The van der Waals surface area contributed by atoms with Crippen LogP contribution in [0.1, 0.15) is 5.82 Å². The predicted molar refractivity (Wildman–Crippen MR) is 45.8 cm³/mol. The molecule has 0 unspecified atom stereocenters. The minimum absolute atomic E-state index is 0.0913. The fourth-order valence-electron chi connectivity index (χ4n) is 0.789. The maximum atomic E-state index is 10.2. The molecule has 0 atom stereocenters. The summed E-state index contributed by atoms with van der Waals surface area (Å²) in [5.41, 5.74) is 0. The van der Waals surface area contributed by atoms with E-state index in [9.17, 15) is 10.1 Å². The number of aromatic nitrogens is 3. The Morgan fingerprint density at radius 1 is 1.53 bits per heavy atom. The predicted octanol–water partition coefficient (Wildman–Crippen LogP) is -1.42. The lowest BCUT2D eigenvalue weighted by molar-refractivity contribution is -0.394. The number of nitrogens with zero attached hydrogens (tertiary/aromatic N) is 3. The zero-order chi connectivity index (χ0) is 11.3. The van der Waals surface area contributed by atoms with Crippen LogP contribution >= 0.6 is 0 Å². The number of H-pyrrole nitrogens is 1. The third-order valence-electron chi connectivity index (χ3n) is 1.55. The Labute approximate surface area is 83.9 Å². The molecule has 1 heterocycles. The van der Waals surface area contributed by atoms with Gasteiger partial charge in [-0.25, -0.2) is 0 Å². The summed E-state index contributed by atoms with van der Waals surface area (Å²) in [7, 11) is 0. The van der Waals surface area contributed by atoms with Crippen LogP contribution in [0.2, 0.25) is 0 Å². The van der Waals surface area contributed by atoms with Crippen LogP contribution < -0.4 is 0 Å². The highest BCUT2D eigenvalue weighted by molar-refractivity contribution is 5.01. The molecule has 0 aliphatic heterocycles. The van der Waals surface area contributed by atoms with E-state index in [0.717, 1.165) is 0 Å². The summed E-state index contributed by atoms with van der Waals surface area (Å²) < 4.78 is 4.95. The molecule has 0 aromatic carbocycles. The fraction of sp³-hybridized carbons (Fsp3) is 0.667. The lowest BCUT2D eigenvalue weighted by Gasteiger charge is -2.09. The molecular weight excluding hydrogens is 208 g/mol. The van der Waals surface area contributed by atoms with Gasteiger partial charge in [-0.2, -0.15) is 0 Å². The van der Waals surface area contributed by atoms with E-state index in [1.54, 1.807) is 0 Å². The Bertz CT molecular complexity index is 323. The van der Waals surface area contributed by atoms with Crippen LogP contribution in [0.3, 0.4) is 0 Å². The van der Waals surface area contributed by atoms with Crippen LogP contribution in [0.4, 0.5) is 5.95 Å². The topological polar surface area (TPSA) is 134 Å². The summed E-state index contributed by atoms with van der Waals surface area (Å²) in [6, 6.07) is 0. The van der Waals surface area contributed by atoms with Crippen molar-refractivity contribution in [1.82, 2.24) is 15.2 Å². The normalized spacial score (nSPS) is 10.9. The summed E-state index contributed by atoms with van der Waals surface area (Å²) in [6.07, 6.45) is -0.734. The molecule has 0 amide bonds. The van der Waals surface area contributed by atoms with Crippen molar-refractivity contribution in [2.24, 2.45) is 0 Å². The summed E-state index contributed by atoms with van der Waals surface area (Å²) in [5, 5.41) is 33.1. The van der Waals surface area contributed by atoms with E-state index in [1.165, 1.54) is 0 Å². The number of rotatable bonds is 6. The first-order valence-corrected chi connectivity index (χ1v) is 4.06. The van der Waals surface area contributed by atoms with E-state index >= 15 is 0 Å². The average molecular weight is 218 g/mol. The zero-order valence-corrected chi connectivity index (χ0v) is 7.66. The van der Waals surface area contributed by atoms with Gasteiger partial charge >= 0.3 is 5.95 Å². The Morgan fingerprint density at radius 2 is 2.20 bits per heavy atom. The van der Waals surface area contributed by atoms with Gasteiger partial charge in [-0.3, -0.25) is 0 Å². The molecule has 1 aromatic rings. The quantitative estimate of drug-likeness (QED) is 0.394. The number of ether oxygens (including phenoxy) is 1. The second-order valence-corrected chi connectivity index (χ2v) is 2.63. The number of aliphatic hydroxyl groups excluding tert-OH is 2. The van der Waals surface area contributed by atoms with E-state index in [-0.39, 0.29) is 25.6 Å². The van der Waals surface area contributed by atoms with E-state index in [2.05, 4.69) is 15.2 Å². The van der Waals surface area contributed by atoms with E-state index in [0.29, 0.717) is 0 Å². The molecule has 0 radical (unpaired) electrons. The van der Waals surface area contributed by atoms with Crippen molar-refractivity contribution in [3.05, 3.63) is 15.9 Å². The zero-order valence-electron chi connectivity index (χ0n) is 7.66. The molecular formula is C6H10N4O5. The summed E-state index contributed by atoms with van der Waals surface area (Å²) in [5.74, 6) is -0.383. The van der Waals surface area contributed by atoms with Gasteiger partial charge in [-0.1, -0.05) is 5.10 Å². The van der Waals surface area contributed by atoms with Crippen LogP contribution in [-0.4, -0.2) is 49.6 Å². The van der Waals surface area contributed by atoms with Crippen molar-refractivity contribution in [1.29, 1.82) is 0 Å². The maximum absolute atomic E-state index is 10.2. The standard InChI is InChI=1S/C6H10N4O5/c11-1-4(2-12)15-3-5-7-6(9-8-5)10(13)14/h4,11-12H,1-3H2,(H,7,8,9). The summed E-state index contributed by atoms with van der Waals surface area (Å²) in [6.45, 7) is -0.803. The highest BCUT2D eigenvalue weighted by Gasteiger charge is 2.15. The lowest BCUT2D eigenvalue weighted by atomic mass is 10.4. The Kier molecular flexibility index (Phi) is 4.09. The minimum atomic E-state index is -0.734. The molecule has 9 nitrogen and oxygen atoms in total. The second kappa shape index (κ2) is 5.34. The maximum Gasteiger partial charge on any atom is 0.453 e. The smallest absolute Gasteiger partial charge is 0.394 e. The molecule has 0 fully saturated rings. The minimum Gasteiger partial charge on any atom is -0.394 e. The number of nitro groups is 1. The van der Waals surface area contributed by atoms with Gasteiger partial charge in [0, 0.05) is 0 Å². The van der Waals surface area contributed by atoms with Gasteiger partial charge in [0.05, 0.1) is 13.2 Å². The molecule has 15 heavy (non-hydrogen) atoms. The highest BCUT2D eigenvalue weighted by Crippen LogP contribution is 2.03. The Morgan fingerprint density at radius 3 is 2.67 bits per heavy atom. The van der Waals surface area contributed by atoms with Gasteiger partial charge in [-0.05, 0) is 9.91 Å². The first-order chi connectivity index (χ1) is 7.17. The molecule has 0 saturated heterocycles. The second-order valence-electron chi connectivity index (χ2n) is 2.63. The summed E-state index contributed by atoms with van der Waals surface area (Å²) >= 11 is 0. The van der Waals surface area contributed by atoms with Crippen molar-refractivity contribution in [3.63, 3.8) is 0 Å². The monoisotopic (exact) mass is 218 g/mol. The molecule has 0 aliphatic carbocycles. The third kappa shape index (κ3) is 3.23. The lowest BCUT2D eigenvalue weighted by Crippen LogP contribution is -2.22. The summed E-state index contributed by atoms with van der Waals surface area (Å²) in [4.78, 5) is 13.0. The van der Waals surface area contributed by atoms with E-state index in [4.69, 9.17) is 14.9 Å². The van der Waals surface area contributed by atoms with Crippen molar-refractivity contribution >= 4 is 5.95 Å². The largest absolute Gasteiger partial charge is 0.453 e. The molecule has 1 aromatic heterocycles. The van der Waals surface area contributed by atoms with Crippen molar-refractivity contribution in [3.8, 4) is 0 Å². The molecule has 3 N–H and O–H groups in total. The molecule has 0 spiro atoms. The molecule has 0 bridgehead atoms. The van der Waals surface area contributed by atoms with Gasteiger partial charge in [0.1, 0.15) is 12.7 Å². The third-order valence-corrected chi connectivity index (χ3v) is 1.55. The molecule has 9 heteroatoms. The van der Waals surface area contributed by atoms with Crippen molar-refractivity contribution in [2.45, 2.75) is 12.7 Å². The first-order valence-electron chi connectivity index (χ1n) is 4.06. The number of aromatic amines is 1. The van der Waals surface area contributed by atoms with E-state index < -0.39 is 17.0 Å². The molecule has 1 rings (SSSR count). The number of nitrogens with one attached hydrogen (secondary N) is 1. The number of hydrogen-bond acceptors (Lipinski definition) is 7. The SMILES string of the molecule is O=[N+]([O-])c1nc(COC(CO)CO)n[nH]1. The first kappa shape index (κ1) is 11.5. The van der Waals surface area contributed by atoms with Crippen molar-refractivity contribution < 1.29 is 19.9 Å². The van der Waals surface area contributed by atoms with Gasteiger partial charge < -0.3 is 25.1 Å². The van der Waals surface area contributed by atoms with E-state index in [1.807, 2.05) is 0 Å². The Hall–Kier alpha value is -1.58. The van der Waals surface area contributed by atoms with Crippen molar-refractivity contribution in [2.75, 3.05) is 13.2 Å². The van der Waals surface area contributed by atoms with Gasteiger partial charge in [0.25, 0.3) is 5.82 Å². The number of aliphatic hydroxyl groups is 2. The molecule has 0 saturated carbocycles. The van der Waals surface area contributed by atoms with Gasteiger partial charge in [0.15, 0.2) is 0 Å². The van der Waals surface area contributed by atoms with Crippen LogP contribution in [-0.2, 0) is 11.3 Å². The van der Waals surface area contributed by atoms with Crippen LogP contribution in [0.25, 0.3) is 0 Å². The van der Waals surface area contributed by atoms with Gasteiger partial charge in [-0.15, -0.1) is 5.10 Å². The van der Waals surface area contributed by atoms with Crippen LogP contribution in [0.5, 0.6) is 0 Å². The average Bonchev–Trinajstić information content (AvgIpc) is 2.68. The fourth-order valence-corrected chi connectivity index (χ4v) is 0.789. The van der Waals surface area contributed by atoms with Crippen LogP contribution in [0.15, 0.2) is 0 Å². The molecule has 0 aliphatic rings. The Balaban J connectivity index is 2.47. The van der Waals surface area contributed by atoms with Gasteiger partial charge in [0.2, 0.25) is 0 Å². The highest BCUT2D eigenvalue weighted by atomic mass is 16.6.